The lowest BCUT2D eigenvalue weighted by molar-refractivity contribution is -0.401. The molecule has 14 heavy (non-hydrogen) atoms. The summed E-state index contributed by atoms with van der Waals surface area (Å²) in [5.41, 5.74) is 0. The summed E-state index contributed by atoms with van der Waals surface area (Å²) in [6.07, 6.45) is 2.91. The van der Waals surface area contributed by atoms with Gasteiger partial charge in [0.1, 0.15) is 18.3 Å². The third-order valence-electron chi connectivity index (χ3n) is 2.64. The Balaban J connectivity index is 1.99. The van der Waals surface area contributed by atoms with E-state index in [2.05, 4.69) is 0 Å². The van der Waals surface area contributed by atoms with Gasteiger partial charge in [-0.25, -0.2) is 9.78 Å². The van der Waals surface area contributed by atoms with Crippen molar-refractivity contribution in [3.05, 3.63) is 12.2 Å². The molecule has 0 aromatic carbocycles. The highest BCUT2D eigenvalue weighted by molar-refractivity contribution is 6.24. The van der Waals surface area contributed by atoms with Gasteiger partial charge in [-0.1, -0.05) is 11.6 Å². The topological polar surface area (TPSA) is 36.9 Å². The van der Waals surface area contributed by atoms with E-state index in [4.69, 9.17) is 30.8 Å². The molecule has 0 unspecified atom stereocenters. The summed E-state index contributed by atoms with van der Waals surface area (Å²) < 4.78 is 11.4. The predicted octanol–water partition coefficient (Wildman–Crippen LogP) is 1.34. The first-order chi connectivity index (χ1) is 6.50. The molecular weight excluding hydrogens is 208 g/mol. The number of halogens is 1. The van der Waals surface area contributed by atoms with E-state index in [0.717, 1.165) is 0 Å². The van der Waals surface area contributed by atoms with Gasteiger partial charge in [-0.2, -0.15) is 0 Å². The first-order valence-electron chi connectivity index (χ1n) is 4.59. The van der Waals surface area contributed by atoms with Crippen molar-refractivity contribution >= 4 is 11.6 Å². The predicted molar refractivity (Wildman–Crippen MR) is 47.5 cm³/mol. The van der Waals surface area contributed by atoms with Gasteiger partial charge in [-0.3, -0.25) is 0 Å². The largest absolute Gasteiger partial charge is 0.341 e. The van der Waals surface area contributed by atoms with Crippen LogP contribution in [0.15, 0.2) is 12.2 Å². The minimum Gasteiger partial charge on any atom is -0.341 e. The number of hydrogen-bond acceptors (Lipinski definition) is 4. The molecule has 3 heterocycles. The van der Waals surface area contributed by atoms with Crippen LogP contribution in [-0.2, 0) is 19.2 Å². The molecule has 0 N–H and O–H groups in total. The van der Waals surface area contributed by atoms with Gasteiger partial charge in [0.2, 0.25) is 5.06 Å². The fourth-order valence-corrected chi connectivity index (χ4v) is 2.33. The van der Waals surface area contributed by atoms with E-state index < -0.39 is 10.8 Å². The van der Waals surface area contributed by atoms with Crippen molar-refractivity contribution in [1.82, 2.24) is 0 Å². The van der Waals surface area contributed by atoms with E-state index in [1.54, 1.807) is 6.08 Å². The second-order valence-electron chi connectivity index (χ2n) is 4.22. The first-order valence-corrected chi connectivity index (χ1v) is 4.96. The zero-order valence-corrected chi connectivity index (χ0v) is 8.65. The van der Waals surface area contributed by atoms with Crippen LogP contribution in [0.5, 0.6) is 0 Å². The van der Waals surface area contributed by atoms with E-state index in [1.807, 2.05) is 19.9 Å². The zero-order valence-electron chi connectivity index (χ0n) is 7.90. The minimum atomic E-state index is -1.03. The van der Waals surface area contributed by atoms with Crippen molar-refractivity contribution in [3.8, 4) is 0 Å². The molecule has 0 radical (unpaired) electrons. The Kier molecular flexibility index (Phi) is 1.64. The summed E-state index contributed by atoms with van der Waals surface area (Å²) >= 11 is 6.19. The zero-order chi connectivity index (χ0) is 9.97. The minimum absolute atomic E-state index is 0.179. The monoisotopic (exact) mass is 218 g/mol. The van der Waals surface area contributed by atoms with Gasteiger partial charge in [0.15, 0.2) is 5.79 Å². The average Bonchev–Trinajstić information content (AvgIpc) is 2.43. The molecule has 4 atom stereocenters. The van der Waals surface area contributed by atoms with Crippen molar-refractivity contribution in [2.24, 2.45) is 0 Å². The Morgan fingerprint density at radius 3 is 2.64 bits per heavy atom. The molecule has 5 heteroatoms. The van der Waals surface area contributed by atoms with Crippen molar-refractivity contribution < 1.29 is 19.2 Å². The van der Waals surface area contributed by atoms with Crippen LogP contribution < -0.4 is 0 Å². The standard InChI is InChI=1S/C9H11ClO4/c1-8(2)11-6-5-3-4-9(10,14-13-5)7(6)12-8/h3-7H,1-2H3/t5-,6+,7+,9+/m1/s1. The van der Waals surface area contributed by atoms with E-state index in [1.165, 1.54) is 0 Å². The van der Waals surface area contributed by atoms with Gasteiger partial charge in [-0.05, 0) is 26.0 Å². The molecule has 0 amide bonds. The Hall–Kier alpha value is -0.130. The number of rotatable bonds is 0. The van der Waals surface area contributed by atoms with Crippen molar-refractivity contribution in [2.75, 3.05) is 0 Å². The van der Waals surface area contributed by atoms with E-state index >= 15 is 0 Å². The Labute approximate surface area is 86.6 Å². The maximum Gasteiger partial charge on any atom is 0.223 e. The maximum atomic E-state index is 6.19. The fraction of sp³-hybridized carbons (Fsp3) is 0.778. The first kappa shape index (κ1) is 9.12. The lowest BCUT2D eigenvalue weighted by atomic mass is 9.95. The molecule has 2 saturated heterocycles. The van der Waals surface area contributed by atoms with Crippen molar-refractivity contribution in [2.45, 2.75) is 43.0 Å². The molecular formula is C9H11ClO4. The fourth-order valence-electron chi connectivity index (χ4n) is 2.06. The number of alkyl halides is 1. The summed E-state index contributed by atoms with van der Waals surface area (Å²) in [5, 5.41) is -1.03. The van der Waals surface area contributed by atoms with Crippen molar-refractivity contribution in [3.63, 3.8) is 0 Å². The van der Waals surface area contributed by atoms with Crippen LogP contribution in [0.2, 0.25) is 0 Å². The van der Waals surface area contributed by atoms with Crippen molar-refractivity contribution in [1.29, 1.82) is 0 Å². The molecule has 0 aromatic heterocycles. The molecule has 2 bridgehead atoms. The van der Waals surface area contributed by atoms with Crippen LogP contribution >= 0.6 is 11.6 Å². The highest BCUT2D eigenvalue weighted by atomic mass is 35.5. The van der Waals surface area contributed by atoms with Gasteiger partial charge in [0.05, 0.1) is 0 Å². The number of ether oxygens (including phenoxy) is 2. The molecule has 0 spiro atoms. The summed E-state index contributed by atoms with van der Waals surface area (Å²) in [5.74, 6) is -0.628. The molecule has 4 rings (SSSR count). The third-order valence-corrected chi connectivity index (χ3v) is 3.04. The van der Waals surface area contributed by atoms with Crippen LogP contribution in [0.25, 0.3) is 0 Å². The summed E-state index contributed by atoms with van der Waals surface area (Å²) in [7, 11) is 0. The molecule has 4 nitrogen and oxygen atoms in total. The summed E-state index contributed by atoms with van der Waals surface area (Å²) in [4.78, 5) is 10.1. The Morgan fingerprint density at radius 1 is 1.29 bits per heavy atom. The van der Waals surface area contributed by atoms with Crippen LogP contribution in [0.4, 0.5) is 0 Å². The quantitative estimate of drug-likeness (QED) is 0.349. The molecule has 1 aliphatic carbocycles. The molecule has 0 saturated carbocycles. The van der Waals surface area contributed by atoms with E-state index in [0.29, 0.717) is 0 Å². The molecule has 3 aliphatic heterocycles. The highest BCUT2D eigenvalue weighted by Gasteiger charge is 2.61. The second-order valence-corrected chi connectivity index (χ2v) is 4.81. The van der Waals surface area contributed by atoms with Gasteiger partial charge >= 0.3 is 0 Å². The average molecular weight is 219 g/mol. The highest BCUT2D eigenvalue weighted by Crippen LogP contribution is 2.47. The molecule has 0 aromatic rings. The number of hydrogen-bond donors (Lipinski definition) is 0. The van der Waals surface area contributed by atoms with E-state index in [-0.39, 0.29) is 18.3 Å². The smallest absolute Gasteiger partial charge is 0.223 e. The summed E-state index contributed by atoms with van der Waals surface area (Å²) in [6.45, 7) is 3.70. The normalized spacial score (nSPS) is 53.5. The Morgan fingerprint density at radius 2 is 2.07 bits per heavy atom. The SMILES string of the molecule is CC1(C)O[C@H]2[C@H]3C=C[C@](Cl)(OO3)[C@H]2O1. The van der Waals surface area contributed by atoms with Gasteiger partial charge in [0.25, 0.3) is 0 Å². The third kappa shape index (κ3) is 1.09. The second kappa shape index (κ2) is 2.51. The lowest BCUT2D eigenvalue weighted by Crippen LogP contribution is -2.57. The van der Waals surface area contributed by atoms with Gasteiger partial charge in [0, 0.05) is 0 Å². The molecule has 4 aliphatic rings. The maximum absolute atomic E-state index is 6.19. The lowest BCUT2D eigenvalue weighted by Gasteiger charge is -2.42. The van der Waals surface area contributed by atoms with Crippen LogP contribution in [-0.4, -0.2) is 29.2 Å². The van der Waals surface area contributed by atoms with Gasteiger partial charge in [-0.15, -0.1) is 0 Å². The van der Waals surface area contributed by atoms with Gasteiger partial charge < -0.3 is 9.47 Å². The number of fused-ring (bicyclic) bond motifs is 1. The summed E-state index contributed by atoms with van der Waals surface area (Å²) in [6, 6.07) is 0. The molecule has 78 valence electrons. The van der Waals surface area contributed by atoms with Crippen LogP contribution in [0.1, 0.15) is 13.8 Å². The van der Waals surface area contributed by atoms with Crippen LogP contribution in [0.3, 0.4) is 0 Å². The van der Waals surface area contributed by atoms with Crippen LogP contribution in [0, 0.1) is 0 Å². The van der Waals surface area contributed by atoms with E-state index in [9.17, 15) is 0 Å². The Bertz CT molecular complexity index is 303. The molecule has 2 fully saturated rings.